The van der Waals surface area contributed by atoms with Gasteiger partial charge in [-0.3, -0.25) is 4.79 Å². The van der Waals surface area contributed by atoms with E-state index in [0.29, 0.717) is 5.56 Å². The van der Waals surface area contributed by atoms with Crippen LogP contribution in [0.25, 0.3) is 0 Å². The highest BCUT2D eigenvalue weighted by atomic mass is 32.2. The molecule has 1 amide bonds. The predicted octanol–water partition coefficient (Wildman–Crippen LogP) is 1.20. The quantitative estimate of drug-likeness (QED) is 0.823. The number of benzene rings is 1. The maximum atomic E-state index is 11.8. The lowest BCUT2D eigenvalue weighted by atomic mass is 10.1. The van der Waals surface area contributed by atoms with E-state index in [0.717, 1.165) is 24.1 Å². The van der Waals surface area contributed by atoms with Crippen LogP contribution in [0, 0.1) is 6.92 Å². The number of anilines is 1. The minimum Gasteiger partial charge on any atom is -0.385 e. The van der Waals surface area contributed by atoms with Crippen molar-refractivity contribution in [1.82, 2.24) is 5.32 Å². The zero-order valence-corrected chi connectivity index (χ0v) is 12.3. The molecule has 0 saturated carbocycles. The third-order valence-electron chi connectivity index (χ3n) is 2.61. The van der Waals surface area contributed by atoms with E-state index in [1.807, 2.05) is 19.9 Å². The molecule has 2 N–H and O–H groups in total. The average Bonchev–Trinajstić information content (AvgIpc) is 2.30. The van der Waals surface area contributed by atoms with Crippen LogP contribution in [-0.4, -0.2) is 39.4 Å². The molecule has 0 bridgehead atoms. The van der Waals surface area contributed by atoms with E-state index < -0.39 is 9.84 Å². The van der Waals surface area contributed by atoms with Crippen molar-refractivity contribution < 1.29 is 13.2 Å². The van der Waals surface area contributed by atoms with Gasteiger partial charge in [-0.15, -0.1) is 0 Å². The largest absolute Gasteiger partial charge is 0.385 e. The third-order valence-corrected chi connectivity index (χ3v) is 3.56. The molecule has 19 heavy (non-hydrogen) atoms. The second-order valence-electron chi connectivity index (χ2n) is 4.45. The van der Waals surface area contributed by atoms with Crippen molar-refractivity contribution in [3.8, 4) is 0 Å². The van der Waals surface area contributed by atoms with Crippen LogP contribution in [-0.2, 0) is 9.84 Å². The van der Waals surface area contributed by atoms with Crippen molar-refractivity contribution in [1.29, 1.82) is 0 Å². The van der Waals surface area contributed by atoms with Gasteiger partial charge in [-0.25, -0.2) is 8.42 Å². The Balaban J connectivity index is 2.65. The first-order valence-electron chi connectivity index (χ1n) is 6.14. The van der Waals surface area contributed by atoms with Gasteiger partial charge in [0, 0.05) is 30.6 Å². The molecule has 0 aliphatic carbocycles. The molecule has 5 nitrogen and oxygen atoms in total. The monoisotopic (exact) mass is 284 g/mol. The number of carbonyl (C=O) groups is 1. The maximum absolute atomic E-state index is 11.8. The van der Waals surface area contributed by atoms with E-state index in [1.165, 1.54) is 0 Å². The molecule has 106 valence electrons. The zero-order chi connectivity index (χ0) is 14.5. The Hall–Kier alpha value is -1.56. The number of nitrogens with one attached hydrogen (secondary N) is 2. The van der Waals surface area contributed by atoms with Crippen LogP contribution in [0.1, 0.15) is 22.8 Å². The highest BCUT2D eigenvalue weighted by Crippen LogP contribution is 2.16. The van der Waals surface area contributed by atoms with Crippen LogP contribution in [0.15, 0.2) is 18.2 Å². The molecule has 0 aliphatic heterocycles. The number of hydrogen-bond acceptors (Lipinski definition) is 4. The fraction of sp³-hybridized carbons (Fsp3) is 0.462. The summed E-state index contributed by atoms with van der Waals surface area (Å²) in [4.78, 5) is 11.8. The minimum absolute atomic E-state index is 0.0484. The number of rotatable bonds is 6. The van der Waals surface area contributed by atoms with Crippen molar-refractivity contribution in [3.63, 3.8) is 0 Å². The van der Waals surface area contributed by atoms with E-state index >= 15 is 0 Å². The van der Waals surface area contributed by atoms with Crippen molar-refractivity contribution >= 4 is 21.4 Å². The molecular formula is C13H20N2O3S. The Bertz CT molecular complexity index is 553. The standard InChI is InChI=1S/C13H20N2O3S/c1-4-14-12-6-5-11(9-10(12)2)13(16)15-7-8-19(3,17)18/h5-6,9,14H,4,7-8H2,1-3H3,(H,15,16). The van der Waals surface area contributed by atoms with Crippen LogP contribution in [0.3, 0.4) is 0 Å². The molecule has 1 aromatic rings. The van der Waals surface area contributed by atoms with Gasteiger partial charge >= 0.3 is 0 Å². The highest BCUT2D eigenvalue weighted by Gasteiger charge is 2.08. The summed E-state index contributed by atoms with van der Waals surface area (Å²) < 4.78 is 21.9. The summed E-state index contributed by atoms with van der Waals surface area (Å²) in [6.45, 7) is 4.88. The topological polar surface area (TPSA) is 75.3 Å². The number of carbonyl (C=O) groups excluding carboxylic acids is 1. The summed E-state index contributed by atoms with van der Waals surface area (Å²) in [6.07, 6.45) is 1.15. The SMILES string of the molecule is CCNc1ccc(C(=O)NCCS(C)(=O)=O)cc1C. The minimum atomic E-state index is -3.05. The Morgan fingerprint density at radius 1 is 1.32 bits per heavy atom. The van der Waals surface area contributed by atoms with Gasteiger partial charge in [0.25, 0.3) is 5.91 Å². The molecule has 0 heterocycles. The molecule has 0 spiro atoms. The maximum Gasteiger partial charge on any atom is 0.251 e. The van der Waals surface area contributed by atoms with Crippen LogP contribution in [0.5, 0.6) is 0 Å². The number of sulfone groups is 1. The first-order chi connectivity index (χ1) is 8.83. The first-order valence-corrected chi connectivity index (χ1v) is 8.20. The Morgan fingerprint density at radius 2 is 2.00 bits per heavy atom. The van der Waals surface area contributed by atoms with Gasteiger partial charge in [0.1, 0.15) is 9.84 Å². The molecule has 0 saturated heterocycles. The van der Waals surface area contributed by atoms with Crippen LogP contribution < -0.4 is 10.6 Å². The summed E-state index contributed by atoms with van der Waals surface area (Å²) in [6, 6.07) is 5.36. The Kier molecular flexibility index (Phi) is 5.35. The van der Waals surface area contributed by atoms with Crippen LogP contribution >= 0.6 is 0 Å². The fourth-order valence-corrected chi connectivity index (χ4v) is 2.12. The molecule has 1 aromatic carbocycles. The van der Waals surface area contributed by atoms with Gasteiger partial charge < -0.3 is 10.6 Å². The van der Waals surface area contributed by atoms with Gasteiger partial charge in [0.2, 0.25) is 0 Å². The number of amides is 1. The molecule has 0 aliphatic rings. The molecule has 0 atom stereocenters. The smallest absolute Gasteiger partial charge is 0.251 e. The number of hydrogen-bond donors (Lipinski definition) is 2. The lowest BCUT2D eigenvalue weighted by Crippen LogP contribution is -2.28. The third kappa shape index (κ3) is 5.30. The Labute approximate surface area is 114 Å². The van der Waals surface area contributed by atoms with Crippen LogP contribution in [0.2, 0.25) is 0 Å². The van der Waals surface area contributed by atoms with E-state index in [2.05, 4.69) is 10.6 Å². The normalized spacial score (nSPS) is 11.1. The Morgan fingerprint density at radius 3 is 2.53 bits per heavy atom. The molecule has 0 radical (unpaired) electrons. The van der Waals surface area contributed by atoms with E-state index in [9.17, 15) is 13.2 Å². The molecule has 0 aromatic heterocycles. The molecule has 6 heteroatoms. The molecular weight excluding hydrogens is 264 g/mol. The molecule has 0 fully saturated rings. The summed E-state index contributed by atoms with van der Waals surface area (Å²) in [5, 5.41) is 5.79. The first kappa shape index (κ1) is 15.5. The summed E-state index contributed by atoms with van der Waals surface area (Å²) in [7, 11) is -3.05. The molecule has 1 rings (SSSR count). The summed E-state index contributed by atoms with van der Waals surface area (Å²) >= 11 is 0. The van der Waals surface area contributed by atoms with Gasteiger partial charge in [-0.2, -0.15) is 0 Å². The fourth-order valence-electron chi connectivity index (χ4n) is 1.65. The van der Waals surface area contributed by atoms with E-state index in [4.69, 9.17) is 0 Å². The molecule has 0 unspecified atom stereocenters. The number of aryl methyl sites for hydroxylation is 1. The van der Waals surface area contributed by atoms with Gasteiger partial charge in [-0.1, -0.05) is 0 Å². The summed E-state index contributed by atoms with van der Waals surface area (Å²) in [5.74, 6) is -0.303. The van der Waals surface area contributed by atoms with Gasteiger partial charge in [0.15, 0.2) is 0 Å². The van der Waals surface area contributed by atoms with Gasteiger partial charge in [0.05, 0.1) is 5.75 Å². The van der Waals surface area contributed by atoms with Crippen molar-refractivity contribution in [2.75, 3.05) is 30.4 Å². The van der Waals surface area contributed by atoms with Crippen molar-refractivity contribution in [2.45, 2.75) is 13.8 Å². The lowest BCUT2D eigenvalue weighted by molar-refractivity contribution is 0.0956. The van der Waals surface area contributed by atoms with Crippen LogP contribution in [0.4, 0.5) is 5.69 Å². The van der Waals surface area contributed by atoms with E-state index in [1.54, 1.807) is 12.1 Å². The highest BCUT2D eigenvalue weighted by molar-refractivity contribution is 7.90. The van der Waals surface area contributed by atoms with Crippen molar-refractivity contribution in [3.05, 3.63) is 29.3 Å². The second-order valence-corrected chi connectivity index (χ2v) is 6.71. The summed E-state index contributed by atoms with van der Waals surface area (Å²) in [5.41, 5.74) is 2.51. The zero-order valence-electron chi connectivity index (χ0n) is 11.5. The van der Waals surface area contributed by atoms with Gasteiger partial charge in [-0.05, 0) is 37.6 Å². The van der Waals surface area contributed by atoms with Crippen molar-refractivity contribution in [2.24, 2.45) is 0 Å². The van der Waals surface area contributed by atoms with E-state index in [-0.39, 0.29) is 18.2 Å². The lowest BCUT2D eigenvalue weighted by Gasteiger charge is -2.10. The second kappa shape index (κ2) is 6.56. The predicted molar refractivity (Wildman–Crippen MR) is 77.4 cm³/mol. The average molecular weight is 284 g/mol.